The number of hydrogen-bond acceptors (Lipinski definition) is 2. The first kappa shape index (κ1) is 14.5. The zero-order valence-electron chi connectivity index (χ0n) is 12.1. The molecule has 0 saturated carbocycles. The number of nitrogens with zero attached hydrogens (tertiary/aromatic N) is 2. The van der Waals surface area contributed by atoms with Crippen molar-refractivity contribution < 1.29 is 4.79 Å². The summed E-state index contributed by atoms with van der Waals surface area (Å²) in [5, 5.41) is 0.931. The number of benzene rings is 2. The number of aromatic nitrogens is 2. The van der Waals surface area contributed by atoms with E-state index in [0.29, 0.717) is 23.0 Å². The van der Waals surface area contributed by atoms with Gasteiger partial charge in [-0.25, -0.2) is 4.98 Å². The first-order valence-electron chi connectivity index (χ1n) is 7.32. The molecule has 23 heavy (non-hydrogen) atoms. The van der Waals surface area contributed by atoms with Crippen molar-refractivity contribution in [2.45, 2.75) is 12.3 Å². The predicted octanol–water partition coefficient (Wildman–Crippen LogP) is 4.39. The van der Waals surface area contributed by atoms with Crippen molar-refractivity contribution >= 4 is 45.8 Å². The highest BCUT2D eigenvalue weighted by Gasteiger charge is 2.33. The molecule has 1 aliphatic rings. The zero-order valence-corrected chi connectivity index (χ0v) is 13.6. The SMILES string of the molecule is O=C1CC(c2nc3ccccc3[nH]2)CN1c1ccc(Cl)c(Cl)c1. The Hall–Kier alpha value is -2.04. The molecule has 2 aromatic carbocycles. The highest BCUT2D eigenvalue weighted by Crippen LogP contribution is 2.34. The second-order valence-electron chi connectivity index (χ2n) is 5.64. The number of para-hydroxylation sites is 2. The molecule has 6 heteroatoms. The quantitative estimate of drug-likeness (QED) is 0.748. The van der Waals surface area contributed by atoms with Gasteiger partial charge in [0.05, 0.1) is 21.1 Å². The van der Waals surface area contributed by atoms with Crippen LogP contribution in [-0.4, -0.2) is 22.4 Å². The van der Waals surface area contributed by atoms with Crippen molar-refractivity contribution in [3.63, 3.8) is 0 Å². The van der Waals surface area contributed by atoms with E-state index in [4.69, 9.17) is 23.2 Å². The Morgan fingerprint density at radius 2 is 1.96 bits per heavy atom. The highest BCUT2D eigenvalue weighted by atomic mass is 35.5. The summed E-state index contributed by atoms with van der Waals surface area (Å²) in [6.07, 6.45) is 0.431. The minimum Gasteiger partial charge on any atom is -0.342 e. The zero-order chi connectivity index (χ0) is 16.0. The molecule has 1 unspecified atom stereocenters. The van der Waals surface area contributed by atoms with E-state index in [1.165, 1.54) is 0 Å². The number of aromatic amines is 1. The van der Waals surface area contributed by atoms with Gasteiger partial charge in [-0.3, -0.25) is 4.79 Å². The molecular weight excluding hydrogens is 333 g/mol. The highest BCUT2D eigenvalue weighted by molar-refractivity contribution is 6.42. The second-order valence-corrected chi connectivity index (χ2v) is 6.46. The molecule has 0 radical (unpaired) electrons. The molecule has 1 aliphatic heterocycles. The van der Waals surface area contributed by atoms with Crippen LogP contribution in [-0.2, 0) is 4.79 Å². The van der Waals surface area contributed by atoms with Crippen LogP contribution in [0.25, 0.3) is 11.0 Å². The second kappa shape index (κ2) is 5.55. The number of rotatable bonds is 2. The van der Waals surface area contributed by atoms with Crippen LogP contribution in [0.2, 0.25) is 10.0 Å². The Bertz CT molecular complexity index is 873. The van der Waals surface area contributed by atoms with Crippen LogP contribution >= 0.6 is 23.2 Å². The molecule has 1 saturated heterocycles. The maximum absolute atomic E-state index is 12.4. The molecule has 1 atom stereocenters. The third-order valence-electron chi connectivity index (χ3n) is 4.13. The van der Waals surface area contributed by atoms with Gasteiger partial charge in [0.25, 0.3) is 0 Å². The van der Waals surface area contributed by atoms with Gasteiger partial charge in [0.15, 0.2) is 0 Å². The lowest BCUT2D eigenvalue weighted by Gasteiger charge is -2.17. The summed E-state index contributed by atoms with van der Waals surface area (Å²) < 4.78 is 0. The average Bonchev–Trinajstić information content (AvgIpc) is 3.13. The summed E-state index contributed by atoms with van der Waals surface area (Å²) in [4.78, 5) is 22.0. The molecule has 0 spiro atoms. The van der Waals surface area contributed by atoms with Gasteiger partial charge < -0.3 is 9.88 Å². The Balaban J connectivity index is 1.63. The number of amides is 1. The fourth-order valence-corrected chi connectivity index (χ4v) is 3.25. The van der Waals surface area contributed by atoms with Gasteiger partial charge in [0.2, 0.25) is 5.91 Å². The van der Waals surface area contributed by atoms with Crippen molar-refractivity contribution in [1.82, 2.24) is 9.97 Å². The number of hydrogen-bond donors (Lipinski definition) is 1. The molecule has 0 aliphatic carbocycles. The number of fused-ring (bicyclic) bond motifs is 1. The van der Waals surface area contributed by atoms with Crippen molar-refractivity contribution in [2.75, 3.05) is 11.4 Å². The molecule has 3 aromatic rings. The van der Waals surface area contributed by atoms with Gasteiger partial charge in [0, 0.05) is 24.6 Å². The van der Waals surface area contributed by atoms with E-state index in [9.17, 15) is 4.79 Å². The molecule has 0 bridgehead atoms. The summed E-state index contributed by atoms with van der Waals surface area (Å²) >= 11 is 12.0. The molecule has 1 fully saturated rings. The summed E-state index contributed by atoms with van der Waals surface area (Å²) in [7, 11) is 0. The molecule has 4 nitrogen and oxygen atoms in total. The van der Waals surface area contributed by atoms with Gasteiger partial charge in [0.1, 0.15) is 5.82 Å². The van der Waals surface area contributed by atoms with E-state index in [1.54, 1.807) is 17.0 Å². The molecule has 116 valence electrons. The number of carbonyl (C=O) groups excluding carboxylic acids is 1. The van der Waals surface area contributed by atoms with Crippen molar-refractivity contribution in [3.8, 4) is 0 Å². The molecular formula is C17H13Cl2N3O. The minimum atomic E-state index is 0.0457. The number of H-pyrrole nitrogens is 1. The summed E-state index contributed by atoms with van der Waals surface area (Å²) in [5.41, 5.74) is 2.67. The molecule has 4 rings (SSSR count). The van der Waals surface area contributed by atoms with Gasteiger partial charge in [-0.1, -0.05) is 35.3 Å². The third-order valence-corrected chi connectivity index (χ3v) is 4.87. The van der Waals surface area contributed by atoms with Crippen LogP contribution in [0.1, 0.15) is 18.2 Å². The normalized spacial score (nSPS) is 18.1. The lowest BCUT2D eigenvalue weighted by atomic mass is 10.1. The summed E-state index contributed by atoms with van der Waals surface area (Å²) in [6, 6.07) is 13.1. The van der Waals surface area contributed by atoms with Crippen LogP contribution in [0.15, 0.2) is 42.5 Å². The summed E-state index contributed by atoms with van der Waals surface area (Å²) in [5.74, 6) is 0.959. The monoisotopic (exact) mass is 345 g/mol. The van der Waals surface area contributed by atoms with Gasteiger partial charge in [-0.2, -0.15) is 0 Å². The lowest BCUT2D eigenvalue weighted by Crippen LogP contribution is -2.24. The smallest absolute Gasteiger partial charge is 0.227 e. The van der Waals surface area contributed by atoms with E-state index in [-0.39, 0.29) is 11.8 Å². The van der Waals surface area contributed by atoms with E-state index in [0.717, 1.165) is 22.5 Å². The van der Waals surface area contributed by atoms with Crippen LogP contribution in [0.4, 0.5) is 5.69 Å². The van der Waals surface area contributed by atoms with E-state index in [1.807, 2.05) is 30.3 Å². The third kappa shape index (κ3) is 2.58. The Kier molecular flexibility index (Phi) is 3.51. The van der Waals surface area contributed by atoms with Crippen molar-refractivity contribution in [3.05, 3.63) is 58.3 Å². The van der Waals surface area contributed by atoms with Gasteiger partial charge in [-0.05, 0) is 30.3 Å². The van der Waals surface area contributed by atoms with Crippen LogP contribution < -0.4 is 4.90 Å². The average molecular weight is 346 g/mol. The van der Waals surface area contributed by atoms with E-state index in [2.05, 4.69) is 9.97 Å². The topological polar surface area (TPSA) is 49.0 Å². The van der Waals surface area contributed by atoms with Crippen LogP contribution in [0.5, 0.6) is 0 Å². The minimum absolute atomic E-state index is 0.0457. The number of anilines is 1. The summed E-state index contributed by atoms with van der Waals surface area (Å²) in [6.45, 7) is 0.580. The van der Waals surface area contributed by atoms with Gasteiger partial charge in [-0.15, -0.1) is 0 Å². The standard InChI is InChI=1S/C17H13Cl2N3O/c18-12-6-5-11(8-13(12)19)22-9-10(7-16(22)23)17-20-14-3-1-2-4-15(14)21-17/h1-6,8,10H,7,9H2,(H,20,21). The molecule has 1 N–H and O–H groups in total. The number of halogens is 2. The molecule has 1 aromatic heterocycles. The first-order valence-corrected chi connectivity index (χ1v) is 8.07. The largest absolute Gasteiger partial charge is 0.342 e. The van der Waals surface area contributed by atoms with Gasteiger partial charge >= 0.3 is 0 Å². The Morgan fingerprint density at radius 3 is 2.74 bits per heavy atom. The number of carbonyl (C=O) groups is 1. The molecule has 1 amide bonds. The van der Waals surface area contributed by atoms with Crippen LogP contribution in [0.3, 0.4) is 0 Å². The fourth-order valence-electron chi connectivity index (χ4n) is 2.96. The fraction of sp³-hybridized carbons (Fsp3) is 0.176. The Labute approximate surface area is 143 Å². The lowest BCUT2D eigenvalue weighted by molar-refractivity contribution is -0.117. The van der Waals surface area contributed by atoms with E-state index >= 15 is 0 Å². The maximum atomic E-state index is 12.4. The predicted molar refractivity (Wildman–Crippen MR) is 92.3 cm³/mol. The maximum Gasteiger partial charge on any atom is 0.227 e. The van der Waals surface area contributed by atoms with Crippen molar-refractivity contribution in [2.24, 2.45) is 0 Å². The number of nitrogens with one attached hydrogen (secondary N) is 1. The number of imidazole rings is 1. The van der Waals surface area contributed by atoms with E-state index < -0.39 is 0 Å². The first-order chi connectivity index (χ1) is 11.1. The van der Waals surface area contributed by atoms with Crippen molar-refractivity contribution in [1.29, 1.82) is 0 Å². The Morgan fingerprint density at radius 1 is 1.13 bits per heavy atom. The van der Waals surface area contributed by atoms with Crippen LogP contribution in [0, 0.1) is 0 Å². The molecule has 2 heterocycles.